The molecule has 0 aliphatic carbocycles. The number of rotatable bonds is 3. The standard InChI is InChI=1S/C11H17BrN4O2S/c1-15(2)19(17,18)10-8-14-7-9(12)11(10)16-5-3-13-4-6-16/h7-8,13H,3-6H2,1-2H3. The van der Waals surface area contributed by atoms with Crippen molar-refractivity contribution in [2.45, 2.75) is 4.90 Å². The Kier molecular flexibility index (Phi) is 4.44. The quantitative estimate of drug-likeness (QED) is 0.861. The van der Waals surface area contributed by atoms with Crippen molar-refractivity contribution in [3.8, 4) is 0 Å². The molecule has 1 aliphatic rings. The zero-order valence-corrected chi connectivity index (χ0v) is 13.3. The lowest BCUT2D eigenvalue weighted by molar-refractivity contribution is 0.518. The molecule has 6 nitrogen and oxygen atoms in total. The number of pyridine rings is 1. The van der Waals surface area contributed by atoms with Crippen molar-refractivity contribution in [2.75, 3.05) is 45.2 Å². The van der Waals surface area contributed by atoms with E-state index in [0.29, 0.717) is 10.2 Å². The van der Waals surface area contributed by atoms with Crippen LogP contribution in [0.25, 0.3) is 0 Å². The Bertz CT molecular complexity index is 556. The van der Waals surface area contributed by atoms with Gasteiger partial charge in [-0.15, -0.1) is 0 Å². The molecule has 0 atom stereocenters. The third kappa shape index (κ3) is 2.91. The molecule has 1 N–H and O–H groups in total. The fourth-order valence-electron chi connectivity index (χ4n) is 1.99. The van der Waals surface area contributed by atoms with Crippen molar-refractivity contribution >= 4 is 31.6 Å². The summed E-state index contributed by atoms with van der Waals surface area (Å²) in [5.41, 5.74) is 0.699. The summed E-state index contributed by atoms with van der Waals surface area (Å²) in [4.78, 5) is 6.31. The average Bonchev–Trinajstić information content (AvgIpc) is 2.39. The zero-order chi connectivity index (χ0) is 14.0. The molecule has 0 spiro atoms. The molecule has 0 saturated carbocycles. The predicted octanol–water partition coefficient (Wildman–Crippen LogP) is 0.504. The van der Waals surface area contributed by atoms with Crippen molar-refractivity contribution in [3.05, 3.63) is 16.9 Å². The second kappa shape index (κ2) is 5.74. The summed E-state index contributed by atoms with van der Waals surface area (Å²) in [5.74, 6) is 0. The van der Waals surface area contributed by atoms with E-state index in [1.807, 2.05) is 0 Å². The Balaban J connectivity index is 2.53. The van der Waals surface area contributed by atoms with Crippen LogP contribution in [0, 0.1) is 0 Å². The first-order valence-electron chi connectivity index (χ1n) is 5.96. The van der Waals surface area contributed by atoms with Crippen molar-refractivity contribution in [1.29, 1.82) is 0 Å². The minimum Gasteiger partial charge on any atom is -0.367 e. The largest absolute Gasteiger partial charge is 0.367 e. The van der Waals surface area contributed by atoms with E-state index in [1.165, 1.54) is 24.6 Å². The van der Waals surface area contributed by atoms with Crippen molar-refractivity contribution in [3.63, 3.8) is 0 Å². The fourth-order valence-corrected chi connectivity index (χ4v) is 3.78. The highest BCUT2D eigenvalue weighted by Gasteiger charge is 2.27. The fraction of sp³-hybridized carbons (Fsp3) is 0.545. The Labute approximate surface area is 122 Å². The van der Waals surface area contributed by atoms with Gasteiger partial charge in [0.15, 0.2) is 0 Å². The first-order chi connectivity index (χ1) is 8.94. The predicted molar refractivity (Wildman–Crippen MR) is 77.9 cm³/mol. The molecule has 2 heterocycles. The van der Waals surface area contributed by atoms with Gasteiger partial charge < -0.3 is 10.2 Å². The Morgan fingerprint density at radius 3 is 2.53 bits per heavy atom. The number of halogens is 1. The third-order valence-corrected chi connectivity index (χ3v) is 5.43. The molecule has 0 aromatic carbocycles. The van der Waals surface area contributed by atoms with Gasteiger partial charge in [0.05, 0.1) is 10.2 Å². The van der Waals surface area contributed by atoms with Crippen molar-refractivity contribution in [2.24, 2.45) is 0 Å². The number of anilines is 1. The van der Waals surface area contributed by atoms with Gasteiger partial charge in [0.2, 0.25) is 10.0 Å². The van der Waals surface area contributed by atoms with E-state index in [1.54, 1.807) is 6.20 Å². The third-order valence-electron chi connectivity index (χ3n) is 3.03. The molecule has 1 fully saturated rings. The normalized spacial score (nSPS) is 16.9. The summed E-state index contributed by atoms with van der Waals surface area (Å²) in [7, 11) is -0.449. The molecule has 2 rings (SSSR count). The molecular weight excluding hydrogens is 332 g/mol. The lowest BCUT2D eigenvalue weighted by atomic mass is 10.3. The van der Waals surface area contributed by atoms with Crippen molar-refractivity contribution < 1.29 is 8.42 Å². The summed E-state index contributed by atoms with van der Waals surface area (Å²) in [6.45, 7) is 3.24. The Morgan fingerprint density at radius 2 is 1.95 bits per heavy atom. The molecule has 0 unspecified atom stereocenters. The molecule has 0 amide bonds. The molecule has 19 heavy (non-hydrogen) atoms. The summed E-state index contributed by atoms with van der Waals surface area (Å²) >= 11 is 3.42. The van der Waals surface area contributed by atoms with E-state index in [4.69, 9.17) is 0 Å². The van der Waals surface area contributed by atoms with Gasteiger partial charge in [0, 0.05) is 52.7 Å². The Hall–Kier alpha value is -0.700. The average molecular weight is 349 g/mol. The molecule has 0 radical (unpaired) electrons. The number of hydrogen-bond acceptors (Lipinski definition) is 5. The van der Waals surface area contributed by atoms with Gasteiger partial charge in [-0.3, -0.25) is 4.98 Å². The molecule has 1 aliphatic heterocycles. The monoisotopic (exact) mass is 348 g/mol. The van der Waals surface area contributed by atoms with E-state index in [-0.39, 0.29) is 4.90 Å². The first kappa shape index (κ1) is 14.7. The van der Waals surface area contributed by atoms with Gasteiger partial charge in [-0.1, -0.05) is 0 Å². The van der Waals surface area contributed by atoms with E-state index < -0.39 is 10.0 Å². The van der Waals surface area contributed by atoms with Crippen LogP contribution in [-0.4, -0.2) is 58.0 Å². The van der Waals surface area contributed by atoms with E-state index in [0.717, 1.165) is 26.2 Å². The molecule has 106 valence electrons. The van der Waals surface area contributed by atoms with Crippen LogP contribution in [-0.2, 0) is 10.0 Å². The molecule has 1 aromatic rings. The highest BCUT2D eigenvalue weighted by Crippen LogP contribution is 2.33. The molecule has 1 saturated heterocycles. The van der Waals surface area contributed by atoms with Crippen LogP contribution in [0.2, 0.25) is 0 Å². The smallest absolute Gasteiger partial charge is 0.246 e. The Morgan fingerprint density at radius 1 is 1.32 bits per heavy atom. The van der Waals surface area contributed by atoms with Gasteiger partial charge in [-0.2, -0.15) is 0 Å². The van der Waals surface area contributed by atoms with Gasteiger partial charge in [0.1, 0.15) is 4.90 Å². The maximum atomic E-state index is 12.4. The van der Waals surface area contributed by atoms with E-state index in [9.17, 15) is 8.42 Å². The van der Waals surface area contributed by atoms with Crippen LogP contribution in [0.4, 0.5) is 5.69 Å². The highest BCUT2D eigenvalue weighted by molar-refractivity contribution is 9.10. The minimum absolute atomic E-state index is 0.244. The number of piperazine rings is 1. The summed E-state index contributed by atoms with van der Waals surface area (Å²) in [6, 6.07) is 0. The summed E-state index contributed by atoms with van der Waals surface area (Å²) in [5, 5.41) is 3.25. The van der Waals surface area contributed by atoms with Crippen LogP contribution in [0.1, 0.15) is 0 Å². The van der Waals surface area contributed by atoms with Crippen LogP contribution >= 0.6 is 15.9 Å². The number of aromatic nitrogens is 1. The maximum absolute atomic E-state index is 12.4. The van der Waals surface area contributed by atoms with Crippen LogP contribution in [0.5, 0.6) is 0 Å². The lowest BCUT2D eigenvalue weighted by Gasteiger charge is -2.31. The summed E-state index contributed by atoms with van der Waals surface area (Å²) < 4.78 is 26.7. The maximum Gasteiger partial charge on any atom is 0.246 e. The summed E-state index contributed by atoms with van der Waals surface area (Å²) in [6.07, 6.45) is 3.05. The lowest BCUT2D eigenvalue weighted by Crippen LogP contribution is -2.44. The molecule has 8 heteroatoms. The number of hydrogen-bond donors (Lipinski definition) is 1. The van der Waals surface area contributed by atoms with Crippen LogP contribution < -0.4 is 10.2 Å². The van der Waals surface area contributed by atoms with Gasteiger partial charge in [0.25, 0.3) is 0 Å². The molecule has 1 aromatic heterocycles. The topological polar surface area (TPSA) is 65.5 Å². The van der Waals surface area contributed by atoms with Crippen LogP contribution in [0.3, 0.4) is 0 Å². The van der Waals surface area contributed by atoms with Gasteiger partial charge >= 0.3 is 0 Å². The minimum atomic E-state index is -3.50. The van der Waals surface area contributed by atoms with Crippen LogP contribution in [0.15, 0.2) is 21.8 Å². The zero-order valence-electron chi connectivity index (χ0n) is 10.9. The van der Waals surface area contributed by atoms with Gasteiger partial charge in [-0.25, -0.2) is 12.7 Å². The number of nitrogens with zero attached hydrogens (tertiary/aromatic N) is 3. The SMILES string of the molecule is CN(C)S(=O)(=O)c1cncc(Br)c1N1CCNCC1. The van der Waals surface area contributed by atoms with E-state index >= 15 is 0 Å². The molecular formula is C11H17BrN4O2S. The second-order valence-corrected chi connectivity index (χ2v) is 7.47. The van der Waals surface area contributed by atoms with Crippen molar-refractivity contribution in [1.82, 2.24) is 14.6 Å². The second-order valence-electron chi connectivity index (χ2n) is 4.49. The number of sulfonamides is 1. The highest BCUT2D eigenvalue weighted by atomic mass is 79.9. The first-order valence-corrected chi connectivity index (χ1v) is 8.19. The van der Waals surface area contributed by atoms with E-state index in [2.05, 4.69) is 31.1 Å². The molecule has 0 bridgehead atoms. The number of nitrogens with one attached hydrogen (secondary N) is 1. The van der Waals surface area contributed by atoms with Gasteiger partial charge in [-0.05, 0) is 15.9 Å².